The fraction of sp³-hybridized carbons (Fsp3) is 0.833. The Balaban J connectivity index is 1.39. The highest BCUT2D eigenvalue weighted by molar-refractivity contribution is 5.82. The molecular formula is C24H36N4O2. The number of carbonyl (C=O) groups excluding carboxylic acids is 1. The molecule has 164 valence electrons. The summed E-state index contributed by atoms with van der Waals surface area (Å²) in [5.74, 6) is 2.76. The first-order valence-corrected chi connectivity index (χ1v) is 11.8. The van der Waals surface area contributed by atoms with Crippen molar-refractivity contribution in [3.05, 3.63) is 17.5 Å². The largest absolute Gasteiger partial charge is 0.390 e. The molecule has 5 rings (SSSR count). The SMILES string of the molecule is Cc1nnn(CC(=O)[C@H]2CC[C@H]3[C@@H]4CC[C@@H]5C[C@](C)(O)CC[C@]5(C)C4=CC[C@]23C)n1. The Morgan fingerprint density at radius 3 is 2.73 bits per heavy atom. The molecule has 0 amide bonds. The molecule has 4 aliphatic rings. The molecule has 1 N–H and O–H groups in total. The van der Waals surface area contributed by atoms with Gasteiger partial charge in [-0.2, -0.15) is 4.80 Å². The molecular weight excluding hydrogens is 376 g/mol. The molecule has 0 saturated heterocycles. The molecule has 0 aliphatic heterocycles. The van der Waals surface area contributed by atoms with Crippen LogP contribution in [-0.2, 0) is 11.3 Å². The van der Waals surface area contributed by atoms with Gasteiger partial charge in [-0.25, -0.2) is 0 Å². The van der Waals surface area contributed by atoms with E-state index in [0.717, 1.165) is 38.5 Å². The molecule has 30 heavy (non-hydrogen) atoms. The van der Waals surface area contributed by atoms with Gasteiger partial charge in [0.1, 0.15) is 6.54 Å². The van der Waals surface area contributed by atoms with Crippen LogP contribution in [0, 0.1) is 41.4 Å². The smallest absolute Gasteiger partial charge is 0.171 e. The van der Waals surface area contributed by atoms with Gasteiger partial charge in [0.05, 0.1) is 5.60 Å². The first-order valence-electron chi connectivity index (χ1n) is 11.8. The van der Waals surface area contributed by atoms with E-state index in [1.165, 1.54) is 17.6 Å². The summed E-state index contributed by atoms with van der Waals surface area (Å²) in [5.41, 5.74) is 1.44. The maximum atomic E-state index is 13.2. The third-order valence-electron chi connectivity index (χ3n) is 9.55. The van der Waals surface area contributed by atoms with Crippen molar-refractivity contribution in [2.24, 2.45) is 34.5 Å². The summed E-state index contributed by atoms with van der Waals surface area (Å²) in [7, 11) is 0. The fourth-order valence-corrected chi connectivity index (χ4v) is 7.87. The van der Waals surface area contributed by atoms with Gasteiger partial charge < -0.3 is 5.11 Å². The molecule has 0 unspecified atom stereocenters. The van der Waals surface area contributed by atoms with Crippen molar-refractivity contribution in [3.63, 3.8) is 0 Å². The summed E-state index contributed by atoms with van der Waals surface area (Å²) < 4.78 is 0. The highest BCUT2D eigenvalue weighted by Gasteiger charge is 2.59. The van der Waals surface area contributed by atoms with Gasteiger partial charge in [0, 0.05) is 5.92 Å². The van der Waals surface area contributed by atoms with Crippen molar-refractivity contribution in [1.82, 2.24) is 20.2 Å². The molecule has 0 spiro atoms. The van der Waals surface area contributed by atoms with Crippen LogP contribution in [0.15, 0.2) is 11.6 Å². The van der Waals surface area contributed by atoms with Crippen molar-refractivity contribution in [2.75, 3.05) is 0 Å². The van der Waals surface area contributed by atoms with E-state index >= 15 is 0 Å². The molecule has 7 atom stereocenters. The number of hydrogen-bond donors (Lipinski definition) is 1. The molecule has 1 heterocycles. The lowest BCUT2D eigenvalue weighted by Gasteiger charge is -2.58. The summed E-state index contributed by atoms with van der Waals surface area (Å²) in [6.45, 7) is 8.88. The predicted molar refractivity (Wildman–Crippen MR) is 113 cm³/mol. The Morgan fingerprint density at radius 2 is 2.00 bits per heavy atom. The summed E-state index contributed by atoms with van der Waals surface area (Å²) in [4.78, 5) is 14.7. The summed E-state index contributed by atoms with van der Waals surface area (Å²) in [6, 6.07) is 0. The van der Waals surface area contributed by atoms with Crippen molar-refractivity contribution >= 4 is 5.78 Å². The Kier molecular flexibility index (Phi) is 4.56. The van der Waals surface area contributed by atoms with Crippen LogP contribution in [0.2, 0.25) is 0 Å². The number of ketones is 1. The highest BCUT2D eigenvalue weighted by atomic mass is 16.3. The summed E-state index contributed by atoms with van der Waals surface area (Å²) in [5, 5.41) is 22.8. The number of aliphatic hydroxyl groups is 1. The zero-order valence-corrected chi connectivity index (χ0v) is 18.9. The summed E-state index contributed by atoms with van der Waals surface area (Å²) in [6.07, 6.45) is 11.0. The van der Waals surface area contributed by atoms with Gasteiger partial charge in [-0.15, -0.1) is 10.2 Å². The molecule has 0 bridgehead atoms. The van der Waals surface area contributed by atoms with Crippen LogP contribution in [0.3, 0.4) is 0 Å². The molecule has 4 aliphatic carbocycles. The second-order valence-corrected chi connectivity index (χ2v) is 11.4. The molecule has 0 aromatic carbocycles. The minimum Gasteiger partial charge on any atom is -0.390 e. The first kappa shape index (κ1) is 20.3. The first-order chi connectivity index (χ1) is 14.1. The third kappa shape index (κ3) is 3.01. The van der Waals surface area contributed by atoms with Crippen LogP contribution >= 0.6 is 0 Å². The molecule has 1 aromatic rings. The number of rotatable bonds is 3. The van der Waals surface area contributed by atoms with Gasteiger partial charge in [-0.3, -0.25) is 4.79 Å². The van der Waals surface area contributed by atoms with Gasteiger partial charge >= 0.3 is 0 Å². The Labute approximate surface area is 179 Å². The van der Waals surface area contributed by atoms with Gasteiger partial charge in [0.2, 0.25) is 0 Å². The van der Waals surface area contributed by atoms with Crippen LogP contribution in [0.25, 0.3) is 0 Å². The highest BCUT2D eigenvalue weighted by Crippen LogP contribution is 2.66. The van der Waals surface area contributed by atoms with Crippen LogP contribution in [0.4, 0.5) is 0 Å². The van der Waals surface area contributed by atoms with Gasteiger partial charge in [0.15, 0.2) is 11.6 Å². The molecule has 1 aromatic heterocycles. The number of hydrogen-bond acceptors (Lipinski definition) is 5. The number of aromatic nitrogens is 4. The van der Waals surface area contributed by atoms with Crippen LogP contribution in [0.5, 0.6) is 0 Å². The van der Waals surface area contributed by atoms with Crippen LogP contribution in [0.1, 0.15) is 78.0 Å². The number of nitrogens with zero attached hydrogens (tertiary/aromatic N) is 4. The average molecular weight is 413 g/mol. The number of carbonyl (C=O) groups is 1. The zero-order chi connectivity index (χ0) is 21.3. The lowest BCUT2D eigenvalue weighted by molar-refractivity contribution is -0.128. The average Bonchev–Trinajstić information content (AvgIpc) is 3.24. The summed E-state index contributed by atoms with van der Waals surface area (Å²) >= 11 is 0. The number of fused-ring (bicyclic) bond motifs is 5. The number of tetrazole rings is 1. The lowest BCUT2D eigenvalue weighted by Crippen LogP contribution is -2.51. The Morgan fingerprint density at radius 1 is 1.20 bits per heavy atom. The van der Waals surface area contributed by atoms with E-state index < -0.39 is 5.60 Å². The number of Topliss-reactive ketones (excluding diaryl/α,β-unsaturated/α-hetero) is 1. The molecule has 6 nitrogen and oxygen atoms in total. The van der Waals surface area contributed by atoms with E-state index in [4.69, 9.17) is 0 Å². The number of aryl methyl sites for hydroxylation is 1. The monoisotopic (exact) mass is 412 g/mol. The molecule has 3 fully saturated rings. The molecule has 3 saturated carbocycles. The van der Waals surface area contributed by atoms with E-state index in [1.54, 1.807) is 12.5 Å². The maximum Gasteiger partial charge on any atom is 0.171 e. The Bertz CT molecular complexity index is 890. The van der Waals surface area contributed by atoms with E-state index in [1.807, 2.05) is 6.92 Å². The maximum absolute atomic E-state index is 13.2. The number of allylic oxidation sites excluding steroid dienone is 2. The van der Waals surface area contributed by atoms with Gasteiger partial charge in [-0.1, -0.05) is 25.5 Å². The fourth-order valence-electron chi connectivity index (χ4n) is 7.87. The standard InChI is InChI=1S/C24H36N4O2/c1-15-25-27-28(26-15)14-21(29)20-8-7-18-17-6-5-16-13-22(2,30)11-12-23(16,3)19(17)9-10-24(18,20)4/h9,16-18,20,30H,5-8,10-14H2,1-4H3/t16-,17+,18+,20-,22-,23+,24+/m1/s1. The van der Waals surface area contributed by atoms with Crippen molar-refractivity contribution in [1.29, 1.82) is 0 Å². The predicted octanol–water partition coefficient (Wildman–Crippen LogP) is 3.88. The zero-order valence-electron chi connectivity index (χ0n) is 18.9. The Hall–Kier alpha value is -1.56. The normalized spacial score (nSPS) is 45.3. The van der Waals surface area contributed by atoms with E-state index in [0.29, 0.717) is 23.6 Å². The second kappa shape index (κ2) is 6.72. The van der Waals surface area contributed by atoms with Crippen LogP contribution in [-0.4, -0.2) is 36.7 Å². The van der Waals surface area contributed by atoms with Gasteiger partial charge in [0.25, 0.3) is 0 Å². The van der Waals surface area contributed by atoms with Crippen LogP contribution < -0.4 is 0 Å². The van der Waals surface area contributed by atoms with Crippen molar-refractivity contribution < 1.29 is 9.90 Å². The second-order valence-electron chi connectivity index (χ2n) is 11.4. The minimum absolute atomic E-state index is 0.0459. The van der Waals surface area contributed by atoms with Crippen molar-refractivity contribution in [2.45, 2.75) is 91.2 Å². The van der Waals surface area contributed by atoms with E-state index in [9.17, 15) is 9.90 Å². The quantitative estimate of drug-likeness (QED) is 0.762. The van der Waals surface area contributed by atoms with Gasteiger partial charge in [-0.05, 0) is 99.0 Å². The van der Waals surface area contributed by atoms with Crippen molar-refractivity contribution in [3.8, 4) is 0 Å². The minimum atomic E-state index is -0.501. The molecule has 6 heteroatoms. The third-order valence-corrected chi connectivity index (χ3v) is 9.55. The molecule has 0 radical (unpaired) electrons. The van der Waals surface area contributed by atoms with E-state index in [-0.39, 0.29) is 29.1 Å². The lowest BCUT2D eigenvalue weighted by atomic mass is 9.47. The topological polar surface area (TPSA) is 80.9 Å². The van der Waals surface area contributed by atoms with E-state index in [2.05, 4.69) is 35.3 Å².